The highest BCUT2D eigenvalue weighted by molar-refractivity contribution is 7.91. The van der Waals surface area contributed by atoms with Crippen LogP contribution in [0.15, 0.2) is 4.42 Å². The summed E-state index contributed by atoms with van der Waals surface area (Å²) in [7, 11) is -3.40. The monoisotopic (exact) mass is 304 g/mol. The number of hydrogen-bond acceptors (Lipinski definition) is 6. The Balaban J connectivity index is 2.97. The standard InChI is InChI=1S/C12H20N2O5S/c1-11(2,7-9(15)16)6-8-13-14-10(19-8)12(3,4)20(5,17)18/h6-7H2,1-5H3,(H,15,16). The first kappa shape index (κ1) is 16.6. The van der Waals surface area contributed by atoms with Gasteiger partial charge in [-0.3, -0.25) is 4.79 Å². The summed E-state index contributed by atoms with van der Waals surface area (Å²) < 4.78 is 27.5. The van der Waals surface area contributed by atoms with E-state index in [9.17, 15) is 13.2 Å². The second-order valence-corrected chi connectivity index (χ2v) is 8.76. The van der Waals surface area contributed by atoms with Crippen molar-refractivity contribution in [2.24, 2.45) is 5.41 Å². The molecule has 0 bridgehead atoms. The maximum absolute atomic E-state index is 11.7. The summed E-state index contributed by atoms with van der Waals surface area (Å²) in [6.07, 6.45) is 1.33. The number of carboxylic acids is 1. The minimum Gasteiger partial charge on any atom is -0.481 e. The second kappa shape index (κ2) is 5.16. The highest BCUT2D eigenvalue weighted by atomic mass is 32.2. The SMILES string of the molecule is CC(C)(CC(=O)O)Cc1nnc(C(C)(C)S(C)(=O)=O)o1. The first-order valence-corrected chi connectivity index (χ1v) is 7.98. The number of carboxylic acid groups (broad SMARTS) is 1. The predicted octanol–water partition coefficient (Wildman–Crippen LogP) is 1.39. The Bertz CT molecular complexity index is 601. The van der Waals surface area contributed by atoms with Gasteiger partial charge in [-0.15, -0.1) is 10.2 Å². The number of aromatic nitrogens is 2. The zero-order chi connectivity index (χ0) is 15.8. The molecule has 0 fully saturated rings. The summed E-state index contributed by atoms with van der Waals surface area (Å²) >= 11 is 0. The molecule has 8 heteroatoms. The molecule has 0 aromatic carbocycles. The zero-order valence-electron chi connectivity index (χ0n) is 12.3. The van der Waals surface area contributed by atoms with Gasteiger partial charge in [0.15, 0.2) is 9.84 Å². The summed E-state index contributed by atoms with van der Waals surface area (Å²) in [5.41, 5.74) is -0.551. The van der Waals surface area contributed by atoms with Crippen LogP contribution in [0, 0.1) is 5.41 Å². The largest absolute Gasteiger partial charge is 0.481 e. The van der Waals surface area contributed by atoms with Gasteiger partial charge in [0.25, 0.3) is 0 Å². The fraction of sp³-hybridized carbons (Fsp3) is 0.750. The van der Waals surface area contributed by atoms with Crippen LogP contribution in [0.3, 0.4) is 0 Å². The molecule has 7 nitrogen and oxygen atoms in total. The Morgan fingerprint density at radius 1 is 1.25 bits per heavy atom. The van der Waals surface area contributed by atoms with E-state index in [1.807, 2.05) is 0 Å². The van der Waals surface area contributed by atoms with Crippen molar-refractivity contribution < 1.29 is 22.7 Å². The molecule has 0 unspecified atom stereocenters. The summed E-state index contributed by atoms with van der Waals surface area (Å²) in [5.74, 6) is -0.657. The number of aliphatic carboxylic acids is 1. The van der Waals surface area contributed by atoms with Gasteiger partial charge in [0.2, 0.25) is 11.8 Å². The minimum atomic E-state index is -3.40. The molecular weight excluding hydrogens is 284 g/mol. The van der Waals surface area contributed by atoms with Crippen molar-refractivity contribution in [2.45, 2.75) is 45.3 Å². The smallest absolute Gasteiger partial charge is 0.303 e. The molecule has 0 atom stereocenters. The van der Waals surface area contributed by atoms with Crippen LogP contribution in [0.2, 0.25) is 0 Å². The molecule has 1 heterocycles. The highest BCUT2D eigenvalue weighted by Gasteiger charge is 2.38. The molecule has 0 aliphatic carbocycles. The molecule has 114 valence electrons. The zero-order valence-corrected chi connectivity index (χ0v) is 13.1. The van der Waals surface area contributed by atoms with Crippen molar-refractivity contribution in [3.63, 3.8) is 0 Å². The van der Waals surface area contributed by atoms with Gasteiger partial charge >= 0.3 is 5.97 Å². The fourth-order valence-electron chi connectivity index (χ4n) is 1.61. The van der Waals surface area contributed by atoms with E-state index in [1.54, 1.807) is 13.8 Å². The highest BCUT2D eigenvalue weighted by Crippen LogP contribution is 2.30. The Morgan fingerprint density at radius 3 is 2.25 bits per heavy atom. The van der Waals surface area contributed by atoms with Crippen LogP contribution < -0.4 is 0 Å². The van der Waals surface area contributed by atoms with Crippen molar-refractivity contribution in [3.05, 3.63) is 11.8 Å². The molecule has 1 N–H and O–H groups in total. The lowest BCUT2D eigenvalue weighted by molar-refractivity contribution is -0.139. The number of sulfone groups is 1. The van der Waals surface area contributed by atoms with Crippen LogP contribution in [0.4, 0.5) is 0 Å². The quantitative estimate of drug-likeness (QED) is 0.845. The van der Waals surface area contributed by atoms with E-state index >= 15 is 0 Å². The van der Waals surface area contributed by atoms with Gasteiger partial charge in [0.05, 0.1) is 6.42 Å². The molecule has 0 aliphatic rings. The maximum atomic E-state index is 11.7. The van der Waals surface area contributed by atoms with Crippen molar-refractivity contribution >= 4 is 15.8 Å². The van der Waals surface area contributed by atoms with Gasteiger partial charge in [0.1, 0.15) is 4.75 Å². The molecule has 1 aromatic rings. The third kappa shape index (κ3) is 3.78. The lowest BCUT2D eigenvalue weighted by Gasteiger charge is -2.20. The Kier molecular flexibility index (Phi) is 4.28. The van der Waals surface area contributed by atoms with E-state index in [4.69, 9.17) is 9.52 Å². The van der Waals surface area contributed by atoms with E-state index in [2.05, 4.69) is 10.2 Å². The average molecular weight is 304 g/mol. The Labute approximate surface area is 118 Å². The average Bonchev–Trinajstić information content (AvgIpc) is 2.61. The van der Waals surface area contributed by atoms with Gasteiger partial charge in [-0.2, -0.15) is 0 Å². The Morgan fingerprint density at radius 2 is 1.80 bits per heavy atom. The molecule has 0 spiro atoms. The van der Waals surface area contributed by atoms with Crippen LogP contribution >= 0.6 is 0 Å². The third-order valence-electron chi connectivity index (χ3n) is 3.17. The molecule has 0 radical (unpaired) electrons. The van der Waals surface area contributed by atoms with Crippen LogP contribution in [0.5, 0.6) is 0 Å². The van der Waals surface area contributed by atoms with Crippen molar-refractivity contribution in [1.29, 1.82) is 0 Å². The first-order valence-electron chi connectivity index (χ1n) is 6.09. The lowest BCUT2D eigenvalue weighted by atomic mass is 9.86. The van der Waals surface area contributed by atoms with Gasteiger partial charge in [-0.1, -0.05) is 13.8 Å². The Hall–Kier alpha value is -1.44. The summed E-state index contributed by atoms with van der Waals surface area (Å²) in [5, 5.41) is 16.4. The third-order valence-corrected chi connectivity index (χ3v) is 5.20. The molecular formula is C12H20N2O5S. The van der Waals surface area contributed by atoms with E-state index in [-0.39, 0.29) is 24.6 Å². The van der Waals surface area contributed by atoms with Crippen LogP contribution in [-0.2, 0) is 25.8 Å². The fourth-order valence-corrected chi connectivity index (χ4v) is 2.01. The number of hydrogen-bond donors (Lipinski definition) is 1. The van der Waals surface area contributed by atoms with E-state index in [0.29, 0.717) is 0 Å². The number of nitrogens with zero attached hydrogens (tertiary/aromatic N) is 2. The van der Waals surface area contributed by atoms with Crippen molar-refractivity contribution in [2.75, 3.05) is 6.26 Å². The first-order chi connectivity index (χ1) is 8.85. The minimum absolute atomic E-state index is 0.0149. The van der Waals surface area contributed by atoms with Gasteiger partial charge < -0.3 is 9.52 Å². The predicted molar refractivity (Wildman–Crippen MR) is 71.9 cm³/mol. The van der Waals surface area contributed by atoms with Crippen LogP contribution in [-0.4, -0.2) is 35.9 Å². The van der Waals surface area contributed by atoms with E-state index in [0.717, 1.165) is 6.26 Å². The number of carbonyl (C=O) groups is 1. The molecule has 1 rings (SSSR count). The van der Waals surface area contributed by atoms with E-state index < -0.39 is 26.0 Å². The van der Waals surface area contributed by atoms with Gasteiger partial charge in [0, 0.05) is 12.7 Å². The summed E-state index contributed by atoms with van der Waals surface area (Å²) in [6.45, 7) is 6.52. The van der Waals surface area contributed by atoms with Gasteiger partial charge in [-0.25, -0.2) is 8.42 Å². The molecule has 0 amide bonds. The lowest BCUT2D eigenvalue weighted by Crippen LogP contribution is -2.28. The molecule has 1 aromatic heterocycles. The van der Waals surface area contributed by atoms with Gasteiger partial charge in [-0.05, 0) is 19.3 Å². The van der Waals surface area contributed by atoms with Crippen LogP contribution in [0.25, 0.3) is 0 Å². The molecule has 0 saturated carbocycles. The van der Waals surface area contributed by atoms with Crippen LogP contribution in [0.1, 0.15) is 45.9 Å². The molecule has 0 saturated heterocycles. The number of rotatable bonds is 6. The second-order valence-electron chi connectivity index (χ2n) is 6.19. The normalized spacial score (nSPS) is 13.4. The van der Waals surface area contributed by atoms with E-state index in [1.165, 1.54) is 13.8 Å². The summed E-state index contributed by atoms with van der Waals surface area (Å²) in [6, 6.07) is 0. The summed E-state index contributed by atoms with van der Waals surface area (Å²) in [4.78, 5) is 10.8. The van der Waals surface area contributed by atoms with Crippen molar-refractivity contribution in [3.8, 4) is 0 Å². The molecule has 20 heavy (non-hydrogen) atoms. The topological polar surface area (TPSA) is 110 Å². The maximum Gasteiger partial charge on any atom is 0.303 e. The molecule has 0 aliphatic heterocycles. The van der Waals surface area contributed by atoms with Crippen molar-refractivity contribution in [1.82, 2.24) is 10.2 Å².